The van der Waals surface area contributed by atoms with E-state index in [1.54, 1.807) is 6.07 Å². The van der Waals surface area contributed by atoms with Gasteiger partial charge in [0.2, 0.25) is 0 Å². The predicted octanol–water partition coefficient (Wildman–Crippen LogP) is 4.04. The van der Waals surface area contributed by atoms with Crippen LogP contribution < -0.4 is 0 Å². The van der Waals surface area contributed by atoms with Gasteiger partial charge in [-0.3, -0.25) is 0 Å². The summed E-state index contributed by atoms with van der Waals surface area (Å²) in [6, 6.07) is 10.0. The van der Waals surface area contributed by atoms with Crippen LogP contribution >= 0.6 is 0 Å². The van der Waals surface area contributed by atoms with Crippen LogP contribution in [0.3, 0.4) is 0 Å². The van der Waals surface area contributed by atoms with Crippen molar-refractivity contribution in [2.24, 2.45) is 0 Å². The van der Waals surface area contributed by atoms with Gasteiger partial charge in [-0.15, -0.1) is 0 Å². The Labute approximate surface area is 127 Å². The minimum absolute atomic E-state index is 0.0851. The zero-order valence-corrected chi connectivity index (χ0v) is 13.1. The summed E-state index contributed by atoms with van der Waals surface area (Å²) in [5.41, 5.74) is 6.94. The minimum Gasteiger partial charge on any atom is -0.508 e. The van der Waals surface area contributed by atoms with E-state index in [1.165, 1.54) is 22.3 Å². The molecule has 0 unspecified atom stereocenters. The molecule has 2 aromatic rings. The molecule has 0 atom stereocenters. The average molecular weight is 284 g/mol. The molecule has 2 heteroatoms. The summed E-state index contributed by atoms with van der Waals surface area (Å²) in [6.45, 7) is 6.39. The van der Waals surface area contributed by atoms with Crippen molar-refractivity contribution < 1.29 is 10.2 Å². The normalized spacial score (nSPS) is 10.9. The van der Waals surface area contributed by atoms with Crippen molar-refractivity contribution in [3.05, 3.63) is 63.7 Å². The topological polar surface area (TPSA) is 40.5 Å². The van der Waals surface area contributed by atoms with Crippen LogP contribution in [0.5, 0.6) is 5.75 Å². The summed E-state index contributed by atoms with van der Waals surface area (Å²) < 4.78 is 0. The number of aliphatic hydroxyl groups excluding tert-OH is 1. The molecule has 2 aromatic carbocycles. The Morgan fingerprint density at radius 3 is 2.19 bits per heavy atom. The molecule has 0 saturated carbocycles. The van der Waals surface area contributed by atoms with Crippen molar-refractivity contribution in [3.8, 4) is 5.75 Å². The molecule has 0 spiro atoms. The standard InChI is InChI=1S/C19H24O2/c1-4-5-17-10-15(6-7-19(17)21)11-18-13(2)8-16(12-20)9-14(18)3/h6-10,20-21H,4-5,11-12H2,1-3H3. The van der Waals surface area contributed by atoms with Gasteiger partial charge >= 0.3 is 0 Å². The number of aryl methyl sites for hydroxylation is 3. The van der Waals surface area contributed by atoms with E-state index in [-0.39, 0.29) is 6.61 Å². The van der Waals surface area contributed by atoms with Gasteiger partial charge in [0, 0.05) is 0 Å². The molecule has 0 aliphatic carbocycles. The van der Waals surface area contributed by atoms with Gasteiger partial charge in [0.15, 0.2) is 0 Å². The highest BCUT2D eigenvalue weighted by molar-refractivity contribution is 5.43. The second-order valence-electron chi connectivity index (χ2n) is 5.76. The summed E-state index contributed by atoms with van der Waals surface area (Å²) in [7, 11) is 0. The van der Waals surface area contributed by atoms with Crippen LogP contribution in [-0.4, -0.2) is 10.2 Å². The van der Waals surface area contributed by atoms with Crippen molar-refractivity contribution in [1.29, 1.82) is 0 Å². The Morgan fingerprint density at radius 1 is 0.952 bits per heavy atom. The highest BCUT2D eigenvalue weighted by atomic mass is 16.3. The second kappa shape index (κ2) is 6.77. The molecule has 0 bridgehead atoms. The summed E-state index contributed by atoms with van der Waals surface area (Å²) in [6.07, 6.45) is 2.79. The Hall–Kier alpha value is -1.80. The number of phenols is 1. The second-order valence-corrected chi connectivity index (χ2v) is 5.76. The number of aliphatic hydroxyl groups is 1. The van der Waals surface area contributed by atoms with Gasteiger partial charge in [0.05, 0.1) is 6.61 Å². The lowest BCUT2D eigenvalue weighted by atomic mass is 9.93. The molecule has 0 aliphatic heterocycles. The van der Waals surface area contributed by atoms with Gasteiger partial charge < -0.3 is 10.2 Å². The number of rotatable bonds is 5. The molecule has 0 radical (unpaired) electrons. The highest BCUT2D eigenvalue weighted by Crippen LogP contribution is 2.24. The fourth-order valence-corrected chi connectivity index (χ4v) is 2.88. The minimum atomic E-state index is 0.0851. The van der Waals surface area contributed by atoms with Crippen molar-refractivity contribution in [1.82, 2.24) is 0 Å². The van der Waals surface area contributed by atoms with E-state index in [9.17, 15) is 10.2 Å². The number of benzene rings is 2. The van der Waals surface area contributed by atoms with Crippen LogP contribution in [0.1, 0.15) is 46.7 Å². The number of phenolic OH excluding ortho intramolecular Hbond substituents is 1. The molecule has 0 amide bonds. The molecule has 0 heterocycles. The zero-order chi connectivity index (χ0) is 15.4. The maximum Gasteiger partial charge on any atom is 0.118 e. The summed E-state index contributed by atoms with van der Waals surface area (Å²) in [5, 5.41) is 19.1. The molecule has 2 nitrogen and oxygen atoms in total. The first kappa shape index (κ1) is 15.6. The summed E-state index contributed by atoms with van der Waals surface area (Å²) >= 11 is 0. The van der Waals surface area contributed by atoms with E-state index < -0.39 is 0 Å². The fraction of sp³-hybridized carbons (Fsp3) is 0.368. The maximum atomic E-state index is 9.88. The van der Waals surface area contributed by atoms with E-state index in [2.05, 4.69) is 39.0 Å². The van der Waals surface area contributed by atoms with Gasteiger partial charge in [0.25, 0.3) is 0 Å². The lowest BCUT2D eigenvalue weighted by Gasteiger charge is -2.13. The third-order valence-electron chi connectivity index (χ3n) is 3.98. The van der Waals surface area contributed by atoms with Crippen molar-refractivity contribution in [2.75, 3.05) is 0 Å². The molecule has 2 N–H and O–H groups in total. The Morgan fingerprint density at radius 2 is 1.62 bits per heavy atom. The van der Waals surface area contributed by atoms with Crippen LogP contribution in [-0.2, 0) is 19.4 Å². The molecule has 0 fully saturated rings. The first-order chi connectivity index (χ1) is 10.0. The van der Waals surface area contributed by atoms with Crippen LogP contribution in [0, 0.1) is 13.8 Å². The van der Waals surface area contributed by atoms with Crippen molar-refractivity contribution in [3.63, 3.8) is 0 Å². The smallest absolute Gasteiger partial charge is 0.118 e. The van der Waals surface area contributed by atoms with Crippen LogP contribution in [0.25, 0.3) is 0 Å². The van der Waals surface area contributed by atoms with Gasteiger partial charge in [-0.05, 0) is 66.1 Å². The van der Waals surface area contributed by atoms with E-state index in [4.69, 9.17) is 0 Å². The number of hydrogen-bond acceptors (Lipinski definition) is 2. The quantitative estimate of drug-likeness (QED) is 0.869. The van der Waals surface area contributed by atoms with Gasteiger partial charge in [-0.2, -0.15) is 0 Å². The third kappa shape index (κ3) is 3.64. The summed E-state index contributed by atoms with van der Waals surface area (Å²) in [4.78, 5) is 0. The van der Waals surface area contributed by atoms with E-state index >= 15 is 0 Å². The first-order valence-electron chi connectivity index (χ1n) is 7.55. The van der Waals surface area contributed by atoms with E-state index in [0.717, 1.165) is 30.4 Å². The number of aromatic hydroxyl groups is 1. The average Bonchev–Trinajstić information content (AvgIpc) is 2.46. The van der Waals surface area contributed by atoms with Gasteiger partial charge in [0.1, 0.15) is 5.75 Å². The lowest BCUT2D eigenvalue weighted by Crippen LogP contribution is -1.99. The van der Waals surface area contributed by atoms with Crippen LogP contribution in [0.15, 0.2) is 30.3 Å². The molecule has 21 heavy (non-hydrogen) atoms. The predicted molar refractivity (Wildman–Crippen MR) is 86.7 cm³/mol. The van der Waals surface area contributed by atoms with Crippen molar-refractivity contribution in [2.45, 2.75) is 46.6 Å². The Bertz CT molecular complexity index is 606. The first-order valence-corrected chi connectivity index (χ1v) is 7.55. The van der Waals surface area contributed by atoms with Gasteiger partial charge in [-0.25, -0.2) is 0 Å². The number of hydrogen-bond donors (Lipinski definition) is 2. The molecule has 0 saturated heterocycles. The molecule has 2 rings (SSSR count). The molecular weight excluding hydrogens is 260 g/mol. The Kier molecular flexibility index (Phi) is 5.03. The highest BCUT2D eigenvalue weighted by Gasteiger charge is 2.08. The molecule has 0 aromatic heterocycles. The lowest BCUT2D eigenvalue weighted by molar-refractivity contribution is 0.281. The zero-order valence-electron chi connectivity index (χ0n) is 13.1. The van der Waals surface area contributed by atoms with Crippen LogP contribution in [0.2, 0.25) is 0 Å². The molecule has 0 aliphatic rings. The van der Waals surface area contributed by atoms with Gasteiger partial charge in [-0.1, -0.05) is 37.6 Å². The monoisotopic (exact) mass is 284 g/mol. The van der Waals surface area contributed by atoms with E-state index in [0.29, 0.717) is 5.75 Å². The fourth-order valence-electron chi connectivity index (χ4n) is 2.88. The summed E-state index contributed by atoms with van der Waals surface area (Å²) in [5.74, 6) is 0.393. The molecule has 112 valence electrons. The Balaban J connectivity index is 2.32. The molecular formula is C19H24O2. The maximum absolute atomic E-state index is 9.88. The van der Waals surface area contributed by atoms with Crippen molar-refractivity contribution >= 4 is 0 Å². The third-order valence-corrected chi connectivity index (χ3v) is 3.98. The largest absolute Gasteiger partial charge is 0.508 e. The van der Waals surface area contributed by atoms with Crippen LogP contribution in [0.4, 0.5) is 0 Å². The van der Waals surface area contributed by atoms with E-state index in [1.807, 2.05) is 6.07 Å². The SMILES string of the molecule is CCCc1cc(Cc2c(C)cc(CO)cc2C)ccc1O.